The number of halogens is 2. The van der Waals surface area contributed by atoms with Crippen molar-refractivity contribution in [2.24, 2.45) is 0 Å². The Hall–Kier alpha value is -1.09. The SMILES string of the molecule is O=C1CCN(c2ccc(F)c(Cl)c2)CC1. The summed E-state index contributed by atoms with van der Waals surface area (Å²) in [7, 11) is 0. The molecule has 1 aromatic carbocycles. The molecule has 1 fully saturated rings. The standard InChI is InChI=1S/C11H11ClFNO/c12-10-7-8(1-2-11(10)13)14-5-3-9(15)4-6-14/h1-2,7H,3-6H2. The molecule has 1 aliphatic rings. The summed E-state index contributed by atoms with van der Waals surface area (Å²) in [6.07, 6.45) is 1.13. The van der Waals surface area contributed by atoms with E-state index in [1.165, 1.54) is 6.07 Å². The van der Waals surface area contributed by atoms with E-state index in [-0.39, 0.29) is 5.02 Å². The first-order chi connectivity index (χ1) is 7.16. The lowest BCUT2D eigenvalue weighted by molar-refractivity contribution is -0.119. The highest BCUT2D eigenvalue weighted by molar-refractivity contribution is 6.31. The second kappa shape index (κ2) is 4.19. The predicted molar refractivity (Wildman–Crippen MR) is 57.9 cm³/mol. The van der Waals surface area contributed by atoms with Crippen LogP contribution < -0.4 is 4.90 Å². The van der Waals surface area contributed by atoms with Gasteiger partial charge in [-0.05, 0) is 18.2 Å². The average Bonchev–Trinajstić information content (AvgIpc) is 2.23. The van der Waals surface area contributed by atoms with Gasteiger partial charge < -0.3 is 4.90 Å². The van der Waals surface area contributed by atoms with Gasteiger partial charge in [0, 0.05) is 31.6 Å². The highest BCUT2D eigenvalue weighted by Gasteiger charge is 2.16. The van der Waals surface area contributed by atoms with Gasteiger partial charge in [-0.3, -0.25) is 4.79 Å². The fraction of sp³-hybridized carbons (Fsp3) is 0.364. The lowest BCUT2D eigenvalue weighted by Gasteiger charge is -2.28. The molecule has 0 N–H and O–H groups in total. The molecule has 4 heteroatoms. The van der Waals surface area contributed by atoms with Crippen molar-refractivity contribution in [1.82, 2.24) is 0 Å². The van der Waals surface area contributed by atoms with Crippen LogP contribution in [0.4, 0.5) is 10.1 Å². The molecule has 0 bridgehead atoms. The third-order valence-corrected chi connectivity index (χ3v) is 2.88. The van der Waals surface area contributed by atoms with E-state index in [1.54, 1.807) is 12.1 Å². The summed E-state index contributed by atoms with van der Waals surface area (Å²) in [5.74, 6) is -0.118. The Kier molecular flexibility index (Phi) is 2.91. The minimum atomic E-state index is -0.409. The van der Waals surface area contributed by atoms with Gasteiger partial charge in [0.2, 0.25) is 0 Å². The number of piperidine rings is 1. The number of Topliss-reactive ketones (excluding diaryl/α,β-unsaturated/α-hetero) is 1. The topological polar surface area (TPSA) is 20.3 Å². The predicted octanol–water partition coefficient (Wildman–Crippen LogP) is 2.65. The normalized spacial score (nSPS) is 16.9. The van der Waals surface area contributed by atoms with Crippen LogP contribution in [0.2, 0.25) is 5.02 Å². The molecule has 1 aromatic rings. The molecule has 1 aliphatic heterocycles. The molecular weight excluding hydrogens is 217 g/mol. The van der Waals surface area contributed by atoms with Gasteiger partial charge in [0.1, 0.15) is 11.6 Å². The van der Waals surface area contributed by atoms with Crippen molar-refractivity contribution >= 4 is 23.1 Å². The zero-order valence-electron chi connectivity index (χ0n) is 8.17. The second-order valence-corrected chi connectivity index (χ2v) is 4.03. The minimum absolute atomic E-state index is 0.129. The fourth-order valence-electron chi connectivity index (χ4n) is 1.70. The van der Waals surface area contributed by atoms with Crippen LogP contribution in [0.25, 0.3) is 0 Å². The van der Waals surface area contributed by atoms with Crippen LogP contribution in [-0.4, -0.2) is 18.9 Å². The van der Waals surface area contributed by atoms with Crippen molar-refractivity contribution < 1.29 is 9.18 Å². The van der Waals surface area contributed by atoms with E-state index in [4.69, 9.17) is 11.6 Å². The third kappa shape index (κ3) is 2.29. The smallest absolute Gasteiger partial charge is 0.141 e. The Balaban J connectivity index is 2.16. The maximum absolute atomic E-state index is 12.9. The molecule has 2 rings (SSSR count). The quantitative estimate of drug-likeness (QED) is 0.735. The lowest BCUT2D eigenvalue weighted by Crippen LogP contribution is -2.33. The van der Waals surface area contributed by atoms with Crippen molar-refractivity contribution in [3.63, 3.8) is 0 Å². The van der Waals surface area contributed by atoms with Crippen LogP contribution in [0, 0.1) is 5.82 Å². The number of hydrogen-bond acceptors (Lipinski definition) is 2. The van der Waals surface area contributed by atoms with Crippen LogP contribution in [0.1, 0.15) is 12.8 Å². The van der Waals surface area contributed by atoms with Crippen molar-refractivity contribution in [3.05, 3.63) is 29.0 Å². The number of hydrogen-bond donors (Lipinski definition) is 0. The summed E-state index contributed by atoms with van der Waals surface area (Å²) >= 11 is 5.69. The third-order valence-electron chi connectivity index (χ3n) is 2.59. The number of rotatable bonds is 1. The Labute approximate surface area is 92.6 Å². The van der Waals surface area contributed by atoms with Gasteiger partial charge in [-0.1, -0.05) is 11.6 Å². The first kappa shape index (κ1) is 10.4. The summed E-state index contributed by atoms with van der Waals surface area (Å²) in [4.78, 5) is 13.1. The Morgan fingerprint density at radius 3 is 2.53 bits per heavy atom. The van der Waals surface area contributed by atoms with Gasteiger partial charge in [0.25, 0.3) is 0 Å². The Bertz CT molecular complexity index is 384. The zero-order chi connectivity index (χ0) is 10.8. The monoisotopic (exact) mass is 227 g/mol. The van der Waals surface area contributed by atoms with Crippen molar-refractivity contribution in [3.8, 4) is 0 Å². The number of ketones is 1. The van der Waals surface area contributed by atoms with Crippen LogP contribution >= 0.6 is 11.6 Å². The number of anilines is 1. The van der Waals surface area contributed by atoms with Gasteiger partial charge >= 0.3 is 0 Å². The summed E-state index contributed by atoms with van der Waals surface area (Å²) < 4.78 is 12.9. The van der Waals surface area contributed by atoms with Gasteiger partial charge in [-0.15, -0.1) is 0 Å². The highest BCUT2D eigenvalue weighted by Crippen LogP contribution is 2.24. The maximum atomic E-state index is 12.9. The van der Waals surface area contributed by atoms with Crippen molar-refractivity contribution in [2.75, 3.05) is 18.0 Å². The molecule has 0 aromatic heterocycles. The molecule has 80 valence electrons. The maximum Gasteiger partial charge on any atom is 0.141 e. The van der Waals surface area contributed by atoms with E-state index in [0.29, 0.717) is 31.7 Å². The molecule has 2 nitrogen and oxygen atoms in total. The van der Waals surface area contributed by atoms with Gasteiger partial charge in [0.05, 0.1) is 5.02 Å². The summed E-state index contributed by atoms with van der Waals surface area (Å²) in [6, 6.07) is 4.65. The van der Waals surface area contributed by atoms with Crippen molar-refractivity contribution in [2.45, 2.75) is 12.8 Å². The van der Waals surface area contributed by atoms with Gasteiger partial charge in [0.15, 0.2) is 0 Å². The Morgan fingerprint density at radius 1 is 1.27 bits per heavy atom. The zero-order valence-corrected chi connectivity index (χ0v) is 8.93. The molecule has 0 aliphatic carbocycles. The first-order valence-electron chi connectivity index (χ1n) is 4.88. The number of benzene rings is 1. The van der Waals surface area contributed by atoms with Crippen LogP contribution in [-0.2, 0) is 4.79 Å². The van der Waals surface area contributed by atoms with Gasteiger partial charge in [-0.25, -0.2) is 4.39 Å². The summed E-state index contributed by atoms with van der Waals surface area (Å²) in [6.45, 7) is 1.39. The minimum Gasteiger partial charge on any atom is -0.371 e. The molecule has 15 heavy (non-hydrogen) atoms. The molecule has 1 heterocycles. The van der Waals surface area contributed by atoms with E-state index >= 15 is 0 Å². The largest absolute Gasteiger partial charge is 0.371 e. The van der Waals surface area contributed by atoms with E-state index in [0.717, 1.165) is 5.69 Å². The van der Waals surface area contributed by atoms with E-state index in [1.807, 2.05) is 4.90 Å². The van der Waals surface area contributed by atoms with Crippen molar-refractivity contribution in [1.29, 1.82) is 0 Å². The summed E-state index contributed by atoms with van der Waals surface area (Å²) in [5.41, 5.74) is 0.883. The van der Waals surface area contributed by atoms with E-state index in [9.17, 15) is 9.18 Å². The van der Waals surface area contributed by atoms with Crippen LogP contribution in [0.5, 0.6) is 0 Å². The Morgan fingerprint density at radius 2 is 1.93 bits per heavy atom. The molecule has 0 amide bonds. The molecular formula is C11H11ClFNO. The summed E-state index contributed by atoms with van der Waals surface area (Å²) in [5, 5.41) is 0.129. The molecule has 0 atom stereocenters. The molecule has 1 saturated heterocycles. The number of nitrogens with zero attached hydrogens (tertiary/aromatic N) is 1. The number of carbonyl (C=O) groups is 1. The fourth-order valence-corrected chi connectivity index (χ4v) is 1.87. The first-order valence-corrected chi connectivity index (χ1v) is 5.26. The molecule has 0 unspecified atom stereocenters. The molecule has 0 saturated carbocycles. The van der Waals surface area contributed by atoms with Gasteiger partial charge in [-0.2, -0.15) is 0 Å². The lowest BCUT2D eigenvalue weighted by atomic mass is 10.1. The highest BCUT2D eigenvalue weighted by atomic mass is 35.5. The molecule has 0 spiro atoms. The van der Waals surface area contributed by atoms with E-state index in [2.05, 4.69) is 0 Å². The van der Waals surface area contributed by atoms with E-state index < -0.39 is 5.82 Å². The van der Waals surface area contributed by atoms with Crippen LogP contribution in [0.3, 0.4) is 0 Å². The second-order valence-electron chi connectivity index (χ2n) is 3.62. The number of carbonyl (C=O) groups excluding carboxylic acids is 1. The average molecular weight is 228 g/mol. The van der Waals surface area contributed by atoms with Crippen LogP contribution in [0.15, 0.2) is 18.2 Å². The molecule has 0 radical (unpaired) electrons.